The highest BCUT2D eigenvalue weighted by molar-refractivity contribution is 5.87. The van der Waals surface area contributed by atoms with Gasteiger partial charge in [0.2, 0.25) is 0 Å². The van der Waals surface area contributed by atoms with E-state index < -0.39 is 6.10 Å². The lowest BCUT2D eigenvalue weighted by Gasteiger charge is -2.23. The molecule has 3 N–H and O–H groups in total. The number of hydrogen-bond acceptors (Lipinski definition) is 6. The molecule has 1 aliphatic rings. The van der Waals surface area contributed by atoms with Crippen molar-refractivity contribution in [3.05, 3.63) is 18.6 Å². The molecular weight excluding hydrogens is 270 g/mol. The molecular formula is C14H21N5O2. The van der Waals surface area contributed by atoms with Gasteiger partial charge in [-0.05, 0) is 12.5 Å². The Bertz CT molecular complexity index is 588. The van der Waals surface area contributed by atoms with Gasteiger partial charge in [-0.2, -0.15) is 0 Å². The quantitative estimate of drug-likeness (QED) is 0.724. The van der Waals surface area contributed by atoms with Crippen LogP contribution in [0, 0.1) is 0 Å². The van der Waals surface area contributed by atoms with Gasteiger partial charge in [-0.1, -0.05) is 0 Å². The first kappa shape index (κ1) is 14.2. The number of anilines is 1. The first-order valence-electron chi connectivity index (χ1n) is 7.32. The van der Waals surface area contributed by atoms with E-state index in [4.69, 9.17) is 5.11 Å². The summed E-state index contributed by atoms with van der Waals surface area (Å²) in [5.41, 5.74) is 0.816. The number of fused-ring (bicyclic) bond motifs is 1. The van der Waals surface area contributed by atoms with E-state index >= 15 is 0 Å². The number of rotatable bonds is 4. The molecule has 0 aliphatic carbocycles. The second-order valence-corrected chi connectivity index (χ2v) is 5.41. The summed E-state index contributed by atoms with van der Waals surface area (Å²) < 4.78 is 0. The minimum atomic E-state index is -0.421. The molecule has 2 aromatic heterocycles. The summed E-state index contributed by atoms with van der Waals surface area (Å²) in [5.74, 6) is 0.865. The molecule has 0 aromatic carbocycles. The smallest absolute Gasteiger partial charge is 0.142 e. The van der Waals surface area contributed by atoms with Gasteiger partial charge in [-0.25, -0.2) is 9.97 Å². The molecule has 7 heteroatoms. The van der Waals surface area contributed by atoms with Gasteiger partial charge in [0.05, 0.1) is 11.5 Å². The highest BCUT2D eigenvalue weighted by atomic mass is 16.3. The SMILES string of the molecule is OCCCN1CCN(c2ncnc3[nH]ccc23)CC(O)C1. The Hall–Kier alpha value is -1.70. The van der Waals surface area contributed by atoms with Gasteiger partial charge in [-0.3, -0.25) is 4.90 Å². The standard InChI is InChI=1S/C14H21N5O2/c20-7-1-4-18-5-6-19(9-11(21)8-18)14-12-2-3-15-13(12)16-10-17-14/h2-3,10-11,20-21H,1,4-9H2,(H,15,16,17). The number of hydrogen-bond donors (Lipinski definition) is 3. The van der Waals surface area contributed by atoms with Crippen LogP contribution in [0.1, 0.15) is 6.42 Å². The molecule has 7 nitrogen and oxygen atoms in total. The van der Waals surface area contributed by atoms with E-state index in [2.05, 4.69) is 24.8 Å². The Balaban J connectivity index is 1.78. The molecule has 0 amide bonds. The van der Waals surface area contributed by atoms with Crippen LogP contribution in [0.3, 0.4) is 0 Å². The number of aliphatic hydroxyl groups excluding tert-OH is 2. The lowest BCUT2D eigenvalue weighted by atomic mass is 10.3. The van der Waals surface area contributed by atoms with Gasteiger partial charge in [0, 0.05) is 45.5 Å². The maximum atomic E-state index is 10.2. The van der Waals surface area contributed by atoms with Crippen LogP contribution in [0.15, 0.2) is 18.6 Å². The molecule has 1 fully saturated rings. The largest absolute Gasteiger partial charge is 0.396 e. The second-order valence-electron chi connectivity index (χ2n) is 5.41. The predicted octanol–water partition coefficient (Wildman–Crippen LogP) is -0.177. The van der Waals surface area contributed by atoms with Crippen LogP contribution in [0.4, 0.5) is 5.82 Å². The van der Waals surface area contributed by atoms with Crippen molar-refractivity contribution in [3.63, 3.8) is 0 Å². The Morgan fingerprint density at radius 3 is 3.05 bits per heavy atom. The van der Waals surface area contributed by atoms with Crippen molar-refractivity contribution in [1.29, 1.82) is 0 Å². The van der Waals surface area contributed by atoms with Crippen LogP contribution in [0.5, 0.6) is 0 Å². The van der Waals surface area contributed by atoms with E-state index in [-0.39, 0.29) is 6.61 Å². The molecule has 3 rings (SSSR count). The van der Waals surface area contributed by atoms with Crippen LogP contribution in [0.25, 0.3) is 11.0 Å². The summed E-state index contributed by atoms with van der Waals surface area (Å²) in [7, 11) is 0. The molecule has 21 heavy (non-hydrogen) atoms. The zero-order valence-corrected chi connectivity index (χ0v) is 11.9. The molecule has 2 aromatic rings. The Morgan fingerprint density at radius 1 is 1.29 bits per heavy atom. The van der Waals surface area contributed by atoms with Gasteiger partial charge in [0.25, 0.3) is 0 Å². The Labute approximate surface area is 123 Å². The minimum absolute atomic E-state index is 0.187. The van der Waals surface area contributed by atoms with Gasteiger partial charge < -0.3 is 20.1 Å². The Kier molecular flexibility index (Phi) is 4.33. The van der Waals surface area contributed by atoms with E-state index in [1.807, 2.05) is 12.3 Å². The molecule has 3 heterocycles. The number of aromatic nitrogens is 3. The lowest BCUT2D eigenvalue weighted by molar-refractivity contribution is 0.127. The second kappa shape index (κ2) is 6.38. The third-order valence-corrected chi connectivity index (χ3v) is 3.85. The van der Waals surface area contributed by atoms with Crippen molar-refractivity contribution >= 4 is 16.9 Å². The molecule has 0 bridgehead atoms. The van der Waals surface area contributed by atoms with E-state index in [0.717, 1.165) is 42.9 Å². The third kappa shape index (κ3) is 3.15. The Morgan fingerprint density at radius 2 is 2.19 bits per heavy atom. The molecule has 114 valence electrons. The van der Waals surface area contributed by atoms with E-state index in [9.17, 15) is 5.11 Å². The number of nitrogens with zero attached hydrogens (tertiary/aromatic N) is 4. The van der Waals surface area contributed by atoms with Crippen molar-refractivity contribution in [2.24, 2.45) is 0 Å². The van der Waals surface area contributed by atoms with Gasteiger partial charge in [-0.15, -0.1) is 0 Å². The number of aliphatic hydroxyl groups is 2. The number of β-amino-alcohol motifs (C(OH)–C–C–N with tert-alkyl or cyclic N) is 1. The maximum Gasteiger partial charge on any atom is 0.142 e. The number of nitrogens with one attached hydrogen (secondary N) is 1. The van der Waals surface area contributed by atoms with Gasteiger partial charge >= 0.3 is 0 Å². The van der Waals surface area contributed by atoms with Crippen LogP contribution in [-0.4, -0.2) is 75.5 Å². The van der Waals surface area contributed by atoms with E-state index in [1.54, 1.807) is 6.33 Å². The number of H-pyrrole nitrogens is 1. The van der Waals surface area contributed by atoms with Gasteiger partial charge in [0.1, 0.15) is 17.8 Å². The van der Waals surface area contributed by atoms with Crippen molar-refractivity contribution in [2.45, 2.75) is 12.5 Å². The molecule has 1 saturated heterocycles. The summed E-state index contributed by atoms with van der Waals surface area (Å²) in [6.45, 7) is 3.86. The van der Waals surface area contributed by atoms with Crippen LogP contribution < -0.4 is 4.90 Å². The molecule has 0 radical (unpaired) electrons. The van der Waals surface area contributed by atoms with Crippen molar-refractivity contribution < 1.29 is 10.2 Å². The van der Waals surface area contributed by atoms with Gasteiger partial charge in [0.15, 0.2) is 0 Å². The van der Waals surface area contributed by atoms with Crippen molar-refractivity contribution in [2.75, 3.05) is 44.2 Å². The highest BCUT2D eigenvalue weighted by Crippen LogP contribution is 2.23. The summed E-state index contributed by atoms with van der Waals surface area (Å²) in [6.07, 6.45) is 3.72. The predicted molar refractivity (Wildman–Crippen MR) is 80.3 cm³/mol. The zero-order chi connectivity index (χ0) is 14.7. The lowest BCUT2D eigenvalue weighted by Crippen LogP contribution is -2.34. The minimum Gasteiger partial charge on any atom is -0.396 e. The fourth-order valence-electron chi connectivity index (χ4n) is 2.86. The van der Waals surface area contributed by atoms with Crippen LogP contribution >= 0.6 is 0 Å². The average molecular weight is 291 g/mol. The highest BCUT2D eigenvalue weighted by Gasteiger charge is 2.23. The van der Waals surface area contributed by atoms with Crippen molar-refractivity contribution in [1.82, 2.24) is 19.9 Å². The van der Waals surface area contributed by atoms with E-state index in [1.165, 1.54) is 0 Å². The van der Waals surface area contributed by atoms with Crippen molar-refractivity contribution in [3.8, 4) is 0 Å². The van der Waals surface area contributed by atoms with E-state index in [0.29, 0.717) is 13.1 Å². The molecule has 1 unspecified atom stereocenters. The summed E-state index contributed by atoms with van der Waals surface area (Å²) in [4.78, 5) is 16.0. The summed E-state index contributed by atoms with van der Waals surface area (Å²) >= 11 is 0. The van der Waals surface area contributed by atoms with Crippen LogP contribution in [-0.2, 0) is 0 Å². The average Bonchev–Trinajstić information content (AvgIpc) is 2.89. The topological polar surface area (TPSA) is 88.5 Å². The maximum absolute atomic E-state index is 10.2. The first-order valence-corrected chi connectivity index (χ1v) is 7.32. The summed E-state index contributed by atoms with van der Waals surface area (Å²) in [6, 6.07) is 1.96. The normalized spacial score (nSPS) is 20.9. The molecule has 0 spiro atoms. The summed E-state index contributed by atoms with van der Waals surface area (Å²) in [5, 5.41) is 20.1. The molecule has 0 saturated carbocycles. The monoisotopic (exact) mass is 291 g/mol. The number of aromatic amines is 1. The zero-order valence-electron chi connectivity index (χ0n) is 11.9. The fraction of sp³-hybridized carbons (Fsp3) is 0.571. The third-order valence-electron chi connectivity index (χ3n) is 3.85. The van der Waals surface area contributed by atoms with Crippen LogP contribution in [0.2, 0.25) is 0 Å². The molecule has 1 atom stereocenters. The fourth-order valence-corrected chi connectivity index (χ4v) is 2.86. The molecule has 1 aliphatic heterocycles. The first-order chi connectivity index (χ1) is 10.3.